The Morgan fingerprint density at radius 2 is 1.74 bits per heavy atom. The number of ether oxygens (including phenoxy) is 2. The van der Waals surface area contributed by atoms with Crippen molar-refractivity contribution >= 4 is 57.1 Å². The first-order valence-corrected chi connectivity index (χ1v) is 12.5. The van der Waals surface area contributed by atoms with Crippen LogP contribution in [0.1, 0.15) is 18.1 Å². The Hall–Kier alpha value is -3.04. The third kappa shape index (κ3) is 6.09. The van der Waals surface area contributed by atoms with Crippen LogP contribution in [0.5, 0.6) is 5.75 Å². The molecule has 1 N–H and O–H groups in total. The van der Waals surface area contributed by atoms with E-state index in [1.807, 2.05) is 84.9 Å². The molecule has 5 nitrogen and oxygen atoms in total. The number of thioether (sulfide) groups is 1. The van der Waals surface area contributed by atoms with Crippen molar-refractivity contribution in [2.45, 2.75) is 13.5 Å². The summed E-state index contributed by atoms with van der Waals surface area (Å²) >= 11 is 3.51. The molecule has 0 aliphatic carbocycles. The number of para-hydroxylation sites is 1. The zero-order valence-electron chi connectivity index (χ0n) is 18.4. The Bertz CT molecular complexity index is 1250. The number of hydrogen-bond donors (Lipinski definition) is 1. The quantitative estimate of drug-likeness (QED) is 0.238. The minimum Gasteiger partial charge on any atom is -0.506 e. The predicted molar refractivity (Wildman–Crippen MR) is 145 cm³/mol. The van der Waals surface area contributed by atoms with E-state index in [0.29, 0.717) is 22.2 Å². The Kier molecular flexibility index (Phi) is 8.08. The van der Waals surface area contributed by atoms with Gasteiger partial charge in [-0.3, -0.25) is 0 Å². The second kappa shape index (κ2) is 11.4. The molecule has 1 aliphatic rings. The molecule has 0 aromatic heterocycles. The number of aliphatic imine (C=N–C) groups is 1. The van der Waals surface area contributed by atoms with E-state index in [0.717, 1.165) is 16.9 Å². The van der Waals surface area contributed by atoms with E-state index in [2.05, 4.69) is 27.6 Å². The molecule has 0 radical (unpaired) electrons. The van der Waals surface area contributed by atoms with Crippen LogP contribution in [0.3, 0.4) is 0 Å². The van der Waals surface area contributed by atoms with Crippen LogP contribution in [0.4, 0.5) is 5.69 Å². The summed E-state index contributed by atoms with van der Waals surface area (Å²) in [5, 5.41) is 11.2. The number of halogens is 1. The first-order chi connectivity index (χ1) is 16.5. The number of carbonyl (C=O) groups is 1. The number of benzene rings is 3. The molecule has 0 saturated carbocycles. The van der Waals surface area contributed by atoms with E-state index in [-0.39, 0.29) is 17.9 Å². The minimum absolute atomic E-state index is 0.0828. The first-order valence-electron chi connectivity index (χ1n) is 10.6. The van der Waals surface area contributed by atoms with Gasteiger partial charge in [0.05, 0.1) is 17.2 Å². The van der Waals surface area contributed by atoms with Gasteiger partial charge in [0.15, 0.2) is 0 Å². The second-order valence-electron chi connectivity index (χ2n) is 7.29. The predicted octanol–water partition coefficient (Wildman–Crippen LogP) is 7.06. The van der Waals surface area contributed by atoms with Crippen LogP contribution >= 0.6 is 34.4 Å². The molecule has 0 saturated heterocycles. The number of hydrogen-bond acceptors (Lipinski definition) is 6. The molecule has 1 heterocycles. The first kappa shape index (κ1) is 24.1. The topological polar surface area (TPSA) is 68.1 Å². The second-order valence-corrected chi connectivity index (χ2v) is 9.57. The van der Waals surface area contributed by atoms with E-state index in [1.54, 1.807) is 6.92 Å². The third-order valence-electron chi connectivity index (χ3n) is 4.85. The molecule has 3 aromatic carbocycles. The molecule has 0 spiro atoms. The van der Waals surface area contributed by atoms with Gasteiger partial charge in [-0.1, -0.05) is 54.2 Å². The summed E-state index contributed by atoms with van der Waals surface area (Å²) < 4.78 is 12.2. The molecule has 0 bridgehead atoms. The largest absolute Gasteiger partial charge is 0.506 e. The number of aliphatic hydroxyl groups excluding tert-OH is 1. The van der Waals surface area contributed by atoms with E-state index in [9.17, 15) is 9.90 Å². The monoisotopic (exact) mass is 583 g/mol. The van der Waals surface area contributed by atoms with E-state index in [1.165, 1.54) is 15.3 Å². The zero-order chi connectivity index (χ0) is 23.9. The van der Waals surface area contributed by atoms with E-state index in [4.69, 9.17) is 9.47 Å². The van der Waals surface area contributed by atoms with Gasteiger partial charge in [-0.2, -0.15) is 0 Å². The standard InChI is InChI=1S/C27H22INO4S/c1-2-32-27(31)24-25(30)23(34-26(24)29-21-6-4-3-5-7-21)16-18-10-14-22(15-11-18)33-17-19-8-12-20(28)13-9-19/h3-16,30H,2,17H2,1H3/b23-16-,29-26?. The third-order valence-corrected chi connectivity index (χ3v) is 6.59. The van der Waals surface area contributed by atoms with Crippen LogP contribution in [-0.4, -0.2) is 22.7 Å². The molecule has 1 aliphatic heterocycles. The summed E-state index contributed by atoms with van der Waals surface area (Å²) in [5.74, 6) is 0.0279. The van der Waals surface area contributed by atoms with Crippen LogP contribution in [0.15, 0.2) is 100 Å². The SMILES string of the molecule is CCOC(=O)C1=C(O)/C(=C/c2ccc(OCc3ccc(I)cc3)cc2)SC1=Nc1ccccc1. The van der Waals surface area contributed by atoms with Crippen molar-refractivity contribution in [1.29, 1.82) is 0 Å². The van der Waals surface area contributed by atoms with Crippen molar-refractivity contribution in [2.24, 2.45) is 4.99 Å². The van der Waals surface area contributed by atoms with Gasteiger partial charge < -0.3 is 14.6 Å². The number of nitrogens with zero attached hydrogens (tertiary/aromatic N) is 1. The van der Waals surface area contributed by atoms with Crippen molar-refractivity contribution < 1.29 is 19.4 Å². The average Bonchev–Trinajstić information content (AvgIpc) is 3.14. The fourth-order valence-corrected chi connectivity index (χ4v) is 4.57. The van der Waals surface area contributed by atoms with Crippen LogP contribution in [0.2, 0.25) is 0 Å². The summed E-state index contributed by atoms with van der Waals surface area (Å²) in [6, 6.07) is 25.1. The van der Waals surface area contributed by atoms with Crippen LogP contribution in [0.25, 0.3) is 6.08 Å². The summed E-state index contributed by atoms with van der Waals surface area (Å²) in [4.78, 5) is 17.6. The maximum absolute atomic E-state index is 12.5. The van der Waals surface area contributed by atoms with Crippen molar-refractivity contribution in [3.63, 3.8) is 0 Å². The van der Waals surface area contributed by atoms with Crippen molar-refractivity contribution in [1.82, 2.24) is 0 Å². The number of esters is 1. The number of aliphatic hydroxyl groups is 1. The van der Waals surface area contributed by atoms with Crippen LogP contribution in [-0.2, 0) is 16.1 Å². The number of rotatable bonds is 7. The van der Waals surface area contributed by atoms with Crippen LogP contribution in [0, 0.1) is 3.57 Å². The van der Waals surface area contributed by atoms with Gasteiger partial charge in [-0.15, -0.1) is 0 Å². The molecule has 4 rings (SSSR count). The fraction of sp³-hybridized carbons (Fsp3) is 0.111. The Morgan fingerprint density at radius 1 is 1.03 bits per heavy atom. The number of carbonyl (C=O) groups excluding carboxylic acids is 1. The van der Waals surface area contributed by atoms with Gasteiger partial charge in [0, 0.05) is 3.57 Å². The Labute approximate surface area is 216 Å². The minimum atomic E-state index is -0.593. The zero-order valence-corrected chi connectivity index (χ0v) is 21.4. The summed E-state index contributed by atoms with van der Waals surface area (Å²) in [6.45, 7) is 2.42. The molecular formula is C27H22INO4S. The highest BCUT2D eigenvalue weighted by Crippen LogP contribution is 2.40. The molecule has 0 fully saturated rings. The Morgan fingerprint density at radius 3 is 2.41 bits per heavy atom. The van der Waals surface area contributed by atoms with Crippen molar-refractivity contribution in [2.75, 3.05) is 6.61 Å². The van der Waals surface area contributed by atoms with Crippen LogP contribution < -0.4 is 4.74 Å². The van der Waals surface area contributed by atoms with Gasteiger partial charge in [0.1, 0.15) is 28.7 Å². The fourth-order valence-electron chi connectivity index (χ4n) is 3.17. The summed E-state index contributed by atoms with van der Waals surface area (Å²) in [7, 11) is 0. The lowest BCUT2D eigenvalue weighted by atomic mass is 10.1. The van der Waals surface area contributed by atoms with Gasteiger partial charge >= 0.3 is 5.97 Å². The molecule has 172 valence electrons. The highest BCUT2D eigenvalue weighted by atomic mass is 127. The van der Waals surface area contributed by atoms with Gasteiger partial charge in [0.25, 0.3) is 0 Å². The van der Waals surface area contributed by atoms with Gasteiger partial charge in [-0.05, 0) is 83.1 Å². The van der Waals surface area contributed by atoms with Gasteiger partial charge in [-0.25, -0.2) is 9.79 Å². The molecular weight excluding hydrogens is 561 g/mol. The molecule has 0 unspecified atom stereocenters. The lowest BCUT2D eigenvalue weighted by Crippen LogP contribution is -2.12. The molecule has 7 heteroatoms. The molecule has 34 heavy (non-hydrogen) atoms. The Balaban J connectivity index is 1.53. The van der Waals surface area contributed by atoms with Crippen molar-refractivity contribution in [3.05, 3.63) is 110 Å². The molecule has 0 atom stereocenters. The van der Waals surface area contributed by atoms with E-state index >= 15 is 0 Å². The highest BCUT2D eigenvalue weighted by molar-refractivity contribution is 14.1. The van der Waals surface area contributed by atoms with Gasteiger partial charge in [0.2, 0.25) is 0 Å². The summed E-state index contributed by atoms with van der Waals surface area (Å²) in [6.07, 6.45) is 1.82. The smallest absolute Gasteiger partial charge is 0.344 e. The summed E-state index contributed by atoms with van der Waals surface area (Å²) in [5.41, 5.74) is 2.73. The maximum atomic E-state index is 12.5. The molecule has 3 aromatic rings. The van der Waals surface area contributed by atoms with Crippen molar-refractivity contribution in [3.8, 4) is 5.75 Å². The lowest BCUT2D eigenvalue weighted by molar-refractivity contribution is -0.138. The lowest BCUT2D eigenvalue weighted by Gasteiger charge is -2.07. The highest BCUT2D eigenvalue weighted by Gasteiger charge is 2.33. The normalized spacial score (nSPS) is 15.7. The molecule has 0 amide bonds. The van der Waals surface area contributed by atoms with E-state index < -0.39 is 5.97 Å². The maximum Gasteiger partial charge on any atom is 0.344 e. The average molecular weight is 583 g/mol.